The van der Waals surface area contributed by atoms with Crippen molar-refractivity contribution >= 4 is 17.7 Å². The molecule has 3 atom stereocenters. The molecule has 0 unspecified atom stereocenters. The molecular formula is C19H22N2O3. The van der Waals surface area contributed by atoms with Gasteiger partial charge in [0, 0.05) is 19.0 Å². The van der Waals surface area contributed by atoms with Gasteiger partial charge in [0.25, 0.3) is 11.8 Å². The third-order valence-electron chi connectivity index (χ3n) is 5.75. The molecule has 1 N–H and O–H groups in total. The number of imide groups is 1. The van der Waals surface area contributed by atoms with E-state index in [1.165, 1.54) is 24.2 Å². The summed E-state index contributed by atoms with van der Waals surface area (Å²) in [5.74, 6) is 1.02. The zero-order valence-electron chi connectivity index (χ0n) is 13.7. The highest BCUT2D eigenvalue weighted by Gasteiger charge is 2.40. The van der Waals surface area contributed by atoms with Crippen molar-refractivity contribution in [2.45, 2.75) is 44.6 Å². The average molecular weight is 326 g/mol. The molecule has 0 spiro atoms. The van der Waals surface area contributed by atoms with E-state index in [0.717, 1.165) is 12.3 Å². The summed E-state index contributed by atoms with van der Waals surface area (Å²) in [6.45, 7) is 0.302. The SMILES string of the molecule is O=C(CCCN1C(=O)c2ccccc2C1=O)N[C@@H]1C[C@@H]2CC[C@@H]1C2. The van der Waals surface area contributed by atoms with Gasteiger partial charge in [-0.15, -0.1) is 0 Å². The summed E-state index contributed by atoms with van der Waals surface area (Å²) in [6, 6.07) is 7.22. The molecule has 2 aliphatic carbocycles. The predicted octanol–water partition coefficient (Wildman–Crippen LogP) is 2.37. The van der Waals surface area contributed by atoms with Crippen LogP contribution in [0, 0.1) is 11.8 Å². The minimum Gasteiger partial charge on any atom is -0.353 e. The van der Waals surface area contributed by atoms with Crippen LogP contribution in [0.15, 0.2) is 24.3 Å². The number of benzene rings is 1. The van der Waals surface area contributed by atoms with Crippen LogP contribution in [0.5, 0.6) is 0 Å². The van der Waals surface area contributed by atoms with E-state index in [9.17, 15) is 14.4 Å². The van der Waals surface area contributed by atoms with Crippen LogP contribution >= 0.6 is 0 Å². The summed E-state index contributed by atoms with van der Waals surface area (Å²) in [7, 11) is 0. The standard InChI is InChI=1S/C19H22N2O3/c22-17(20-16-11-12-7-8-13(16)10-12)6-3-9-21-18(23)14-4-1-2-5-15(14)19(21)24/h1-2,4-5,12-13,16H,3,6-11H2,(H,20,22)/t12-,13-,16-/m1/s1. The van der Waals surface area contributed by atoms with Gasteiger partial charge in [-0.2, -0.15) is 0 Å². The monoisotopic (exact) mass is 326 g/mol. The second-order valence-corrected chi connectivity index (χ2v) is 7.26. The molecule has 2 bridgehead atoms. The van der Waals surface area contributed by atoms with Gasteiger partial charge in [-0.25, -0.2) is 0 Å². The lowest BCUT2D eigenvalue weighted by Crippen LogP contribution is -2.39. The first-order valence-electron chi connectivity index (χ1n) is 8.88. The summed E-state index contributed by atoms with van der Waals surface area (Å²) in [5, 5.41) is 3.15. The fourth-order valence-electron chi connectivity index (χ4n) is 4.54. The number of nitrogens with one attached hydrogen (secondary N) is 1. The fraction of sp³-hybridized carbons (Fsp3) is 0.526. The first kappa shape index (κ1) is 15.4. The molecule has 2 fully saturated rings. The van der Waals surface area contributed by atoms with Gasteiger partial charge >= 0.3 is 0 Å². The smallest absolute Gasteiger partial charge is 0.261 e. The molecule has 5 nitrogen and oxygen atoms in total. The van der Waals surface area contributed by atoms with Gasteiger partial charge in [-0.05, 0) is 49.7 Å². The molecule has 24 heavy (non-hydrogen) atoms. The molecule has 126 valence electrons. The summed E-state index contributed by atoms with van der Waals surface area (Å²) in [5.41, 5.74) is 0.933. The molecule has 0 aromatic heterocycles. The Balaban J connectivity index is 1.27. The van der Waals surface area contributed by atoms with Crippen molar-refractivity contribution in [3.05, 3.63) is 35.4 Å². The summed E-state index contributed by atoms with van der Waals surface area (Å²) in [6.07, 6.45) is 5.82. The van der Waals surface area contributed by atoms with Gasteiger partial charge in [0.1, 0.15) is 0 Å². The fourth-order valence-corrected chi connectivity index (χ4v) is 4.54. The first-order chi connectivity index (χ1) is 11.6. The van der Waals surface area contributed by atoms with Crippen molar-refractivity contribution in [1.82, 2.24) is 10.2 Å². The van der Waals surface area contributed by atoms with E-state index in [0.29, 0.717) is 42.5 Å². The van der Waals surface area contributed by atoms with Crippen molar-refractivity contribution in [3.63, 3.8) is 0 Å². The molecule has 1 aromatic rings. The van der Waals surface area contributed by atoms with E-state index >= 15 is 0 Å². The summed E-state index contributed by atoms with van der Waals surface area (Å²) in [4.78, 5) is 37.9. The van der Waals surface area contributed by atoms with Crippen molar-refractivity contribution in [3.8, 4) is 0 Å². The van der Waals surface area contributed by atoms with E-state index in [-0.39, 0.29) is 17.7 Å². The van der Waals surface area contributed by atoms with E-state index in [4.69, 9.17) is 0 Å². The van der Waals surface area contributed by atoms with Gasteiger partial charge in [-0.1, -0.05) is 18.6 Å². The second kappa shape index (κ2) is 6.04. The third-order valence-corrected chi connectivity index (χ3v) is 5.75. The van der Waals surface area contributed by atoms with Gasteiger partial charge in [-0.3, -0.25) is 19.3 Å². The zero-order valence-corrected chi connectivity index (χ0v) is 13.7. The average Bonchev–Trinajstić information content (AvgIpc) is 3.25. The van der Waals surface area contributed by atoms with Crippen molar-refractivity contribution in [1.29, 1.82) is 0 Å². The maximum Gasteiger partial charge on any atom is 0.261 e. The Hall–Kier alpha value is -2.17. The van der Waals surface area contributed by atoms with Crippen LogP contribution in [0.1, 0.15) is 59.2 Å². The van der Waals surface area contributed by atoms with Crippen LogP contribution in [-0.4, -0.2) is 35.2 Å². The minimum atomic E-state index is -0.246. The lowest BCUT2D eigenvalue weighted by atomic mass is 9.95. The number of amides is 3. The Morgan fingerprint density at radius 2 is 1.79 bits per heavy atom. The van der Waals surface area contributed by atoms with E-state index in [2.05, 4.69) is 5.32 Å². The number of rotatable bonds is 5. The normalized spacial score (nSPS) is 27.7. The number of hydrogen-bond acceptors (Lipinski definition) is 3. The molecule has 0 saturated heterocycles. The molecule has 5 heteroatoms. The van der Waals surface area contributed by atoms with E-state index in [1.54, 1.807) is 24.3 Å². The van der Waals surface area contributed by atoms with Crippen LogP contribution in [-0.2, 0) is 4.79 Å². The number of carbonyl (C=O) groups is 3. The van der Waals surface area contributed by atoms with Crippen molar-refractivity contribution in [2.24, 2.45) is 11.8 Å². The lowest BCUT2D eigenvalue weighted by molar-refractivity contribution is -0.122. The third kappa shape index (κ3) is 2.62. The maximum atomic E-state index is 12.3. The van der Waals surface area contributed by atoms with Crippen molar-refractivity contribution in [2.75, 3.05) is 6.54 Å². The van der Waals surface area contributed by atoms with Crippen LogP contribution < -0.4 is 5.32 Å². The molecule has 0 radical (unpaired) electrons. The van der Waals surface area contributed by atoms with Gasteiger partial charge in [0.2, 0.25) is 5.91 Å². The number of fused-ring (bicyclic) bond motifs is 3. The van der Waals surface area contributed by atoms with Crippen LogP contribution in [0.3, 0.4) is 0 Å². The Labute approximate surface area is 141 Å². The Morgan fingerprint density at radius 1 is 1.08 bits per heavy atom. The molecule has 4 rings (SSSR count). The molecule has 3 amide bonds. The molecule has 1 aliphatic heterocycles. The molecular weight excluding hydrogens is 304 g/mol. The molecule has 3 aliphatic rings. The highest BCUT2D eigenvalue weighted by atomic mass is 16.2. The van der Waals surface area contributed by atoms with Gasteiger partial charge < -0.3 is 5.32 Å². The van der Waals surface area contributed by atoms with Crippen LogP contribution in [0.25, 0.3) is 0 Å². The number of nitrogens with zero attached hydrogens (tertiary/aromatic N) is 1. The van der Waals surface area contributed by atoms with Crippen LogP contribution in [0.4, 0.5) is 0 Å². The topological polar surface area (TPSA) is 66.5 Å². The minimum absolute atomic E-state index is 0.0455. The van der Waals surface area contributed by atoms with E-state index in [1.807, 2.05) is 0 Å². The molecule has 1 aromatic carbocycles. The van der Waals surface area contributed by atoms with E-state index < -0.39 is 0 Å². The second-order valence-electron chi connectivity index (χ2n) is 7.26. The summed E-state index contributed by atoms with van der Waals surface area (Å²) < 4.78 is 0. The Kier molecular flexibility index (Phi) is 3.87. The van der Waals surface area contributed by atoms with Gasteiger partial charge in [0.05, 0.1) is 11.1 Å². The maximum absolute atomic E-state index is 12.3. The quantitative estimate of drug-likeness (QED) is 0.845. The highest BCUT2D eigenvalue weighted by molar-refractivity contribution is 6.21. The summed E-state index contributed by atoms with van der Waals surface area (Å²) >= 11 is 0. The highest BCUT2D eigenvalue weighted by Crippen LogP contribution is 2.44. The van der Waals surface area contributed by atoms with Crippen LogP contribution in [0.2, 0.25) is 0 Å². The zero-order chi connectivity index (χ0) is 16.7. The predicted molar refractivity (Wildman–Crippen MR) is 88.4 cm³/mol. The van der Waals surface area contributed by atoms with Crippen molar-refractivity contribution < 1.29 is 14.4 Å². The Morgan fingerprint density at radius 3 is 2.38 bits per heavy atom. The first-order valence-corrected chi connectivity index (χ1v) is 8.88. The molecule has 2 saturated carbocycles. The van der Waals surface area contributed by atoms with Gasteiger partial charge in [0.15, 0.2) is 0 Å². The largest absolute Gasteiger partial charge is 0.353 e. The molecule has 1 heterocycles. The number of hydrogen-bond donors (Lipinski definition) is 1. The Bertz CT molecular complexity index is 665. The lowest BCUT2D eigenvalue weighted by Gasteiger charge is -2.23. The number of carbonyl (C=O) groups excluding carboxylic acids is 3.